The molecule has 0 aliphatic carbocycles. The van der Waals surface area contributed by atoms with Crippen LogP contribution in [-0.2, 0) is 6.42 Å². The molecule has 0 saturated carbocycles. The first-order valence-corrected chi connectivity index (χ1v) is 6.55. The molecule has 0 aliphatic heterocycles. The van der Waals surface area contributed by atoms with Crippen LogP contribution < -0.4 is 11.1 Å². The van der Waals surface area contributed by atoms with E-state index >= 15 is 0 Å². The summed E-state index contributed by atoms with van der Waals surface area (Å²) in [6.07, 6.45) is 2.71. The van der Waals surface area contributed by atoms with E-state index in [1.165, 1.54) is 11.1 Å². The second-order valence-corrected chi connectivity index (χ2v) is 5.02. The van der Waals surface area contributed by atoms with E-state index in [4.69, 9.17) is 5.73 Å². The van der Waals surface area contributed by atoms with Gasteiger partial charge in [-0.15, -0.1) is 0 Å². The molecule has 0 fully saturated rings. The Morgan fingerprint density at radius 3 is 2.47 bits per heavy atom. The van der Waals surface area contributed by atoms with Gasteiger partial charge in [0.1, 0.15) is 5.82 Å². The largest absolute Gasteiger partial charge is 0.383 e. The van der Waals surface area contributed by atoms with Crippen LogP contribution in [0.3, 0.4) is 0 Å². The van der Waals surface area contributed by atoms with E-state index in [1.54, 1.807) is 6.20 Å². The highest BCUT2D eigenvalue weighted by atomic mass is 14.9. The number of hydrogen-bond acceptors (Lipinski definition) is 3. The monoisotopic (exact) mass is 255 g/mol. The van der Waals surface area contributed by atoms with Gasteiger partial charge in [0.15, 0.2) is 0 Å². The summed E-state index contributed by atoms with van der Waals surface area (Å²) in [6.45, 7) is 4.14. The zero-order valence-corrected chi connectivity index (χ0v) is 11.8. The van der Waals surface area contributed by atoms with E-state index in [2.05, 4.69) is 47.6 Å². The lowest BCUT2D eigenvalue weighted by Gasteiger charge is -2.18. The molecule has 100 valence electrons. The molecular formula is C16H21N3. The molecule has 0 aliphatic rings. The van der Waals surface area contributed by atoms with Crippen LogP contribution in [0.15, 0.2) is 36.5 Å². The maximum Gasteiger partial charge on any atom is 0.128 e. The van der Waals surface area contributed by atoms with Gasteiger partial charge in [-0.2, -0.15) is 0 Å². The van der Waals surface area contributed by atoms with Crippen LogP contribution >= 0.6 is 0 Å². The molecular weight excluding hydrogens is 234 g/mol. The highest BCUT2D eigenvalue weighted by molar-refractivity contribution is 5.43. The van der Waals surface area contributed by atoms with Crippen LogP contribution in [0, 0.1) is 13.8 Å². The van der Waals surface area contributed by atoms with E-state index in [-0.39, 0.29) is 6.04 Å². The van der Waals surface area contributed by atoms with Crippen molar-refractivity contribution in [3.8, 4) is 0 Å². The second-order valence-electron chi connectivity index (χ2n) is 5.02. The average Bonchev–Trinajstić information content (AvgIpc) is 2.41. The van der Waals surface area contributed by atoms with Gasteiger partial charge in [0, 0.05) is 17.8 Å². The maximum absolute atomic E-state index is 5.99. The van der Waals surface area contributed by atoms with Crippen molar-refractivity contribution in [1.82, 2.24) is 10.3 Å². The van der Waals surface area contributed by atoms with E-state index in [1.807, 2.05) is 14.0 Å². The third kappa shape index (κ3) is 3.32. The van der Waals surface area contributed by atoms with Gasteiger partial charge in [0.05, 0.1) is 0 Å². The van der Waals surface area contributed by atoms with Crippen LogP contribution in [0.4, 0.5) is 5.82 Å². The lowest BCUT2D eigenvalue weighted by Crippen LogP contribution is -2.20. The Hall–Kier alpha value is -1.87. The number of nitrogens with zero attached hydrogens (tertiary/aromatic N) is 1. The molecule has 1 unspecified atom stereocenters. The minimum absolute atomic E-state index is 0.190. The van der Waals surface area contributed by atoms with Crippen molar-refractivity contribution in [1.29, 1.82) is 0 Å². The summed E-state index contributed by atoms with van der Waals surface area (Å²) in [7, 11) is 1.96. The summed E-state index contributed by atoms with van der Waals surface area (Å²) in [6, 6.07) is 10.9. The number of likely N-dealkylation sites (N-methyl/N-ethyl adjacent to an activating group) is 1. The topological polar surface area (TPSA) is 50.9 Å². The van der Waals surface area contributed by atoms with Crippen molar-refractivity contribution in [3.63, 3.8) is 0 Å². The third-order valence-corrected chi connectivity index (χ3v) is 3.37. The van der Waals surface area contributed by atoms with Crippen molar-refractivity contribution in [3.05, 3.63) is 58.8 Å². The zero-order chi connectivity index (χ0) is 13.8. The zero-order valence-electron chi connectivity index (χ0n) is 11.8. The van der Waals surface area contributed by atoms with Crippen molar-refractivity contribution < 1.29 is 0 Å². The van der Waals surface area contributed by atoms with Gasteiger partial charge in [-0.1, -0.05) is 29.8 Å². The molecule has 0 spiro atoms. The fourth-order valence-corrected chi connectivity index (χ4v) is 2.21. The lowest BCUT2D eigenvalue weighted by molar-refractivity contribution is 0.591. The standard InChI is InChI=1S/C16H21N3/c1-11-4-6-13(7-5-11)9-15(18-3)14-8-12(2)10-19-16(14)17/h4-8,10,15,18H,9H2,1-3H3,(H2,17,19). The summed E-state index contributed by atoms with van der Waals surface area (Å²) < 4.78 is 0. The van der Waals surface area contributed by atoms with E-state index in [9.17, 15) is 0 Å². The van der Waals surface area contributed by atoms with Gasteiger partial charge in [0.25, 0.3) is 0 Å². The number of nitrogens with one attached hydrogen (secondary N) is 1. The Morgan fingerprint density at radius 1 is 1.16 bits per heavy atom. The van der Waals surface area contributed by atoms with Crippen LogP contribution in [0.25, 0.3) is 0 Å². The van der Waals surface area contributed by atoms with E-state index < -0.39 is 0 Å². The Morgan fingerprint density at radius 2 is 1.84 bits per heavy atom. The molecule has 2 rings (SSSR count). The summed E-state index contributed by atoms with van der Waals surface area (Å²) in [5.41, 5.74) is 10.8. The Kier molecular flexibility index (Phi) is 4.17. The number of pyridine rings is 1. The maximum atomic E-state index is 5.99. The predicted octanol–water partition coefficient (Wildman–Crippen LogP) is 2.78. The Balaban J connectivity index is 2.24. The van der Waals surface area contributed by atoms with Gasteiger partial charge in [-0.3, -0.25) is 0 Å². The molecule has 0 radical (unpaired) electrons. The first-order valence-electron chi connectivity index (χ1n) is 6.55. The van der Waals surface area contributed by atoms with Crippen LogP contribution in [0.1, 0.15) is 28.3 Å². The molecule has 3 nitrogen and oxygen atoms in total. The van der Waals surface area contributed by atoms with Gasteiger partial charge < -0.3 is 11.1 Å². The van der Waals surface area contributed by atoms with Crippen LogP contribution in [0.2, 0.25) is 0 Å². The predicted molar refractivity (Wildman–Crippen MR) is 80.1 cm³/mol. The number of benzene rings is 1. The van der Waals surface area contributed by atoms with Gasteiger partial charge in [-0.25, -0.2) is 4.98 Å². The van der Waals surface area contributed by atoms with E-state index in [0.29, 0.717) is 5.82 Å². The van der Waals surface area contributed by atoms with Crippen LogP contribution in [-0.4, -0.2) is 12.0 Å². The summed E-state index contributed by atoms with van der Waals surface area (Å²) in [5, 5.41) is 3.33. The number of rotatable bonds is 4. The molecule has 3 heteroatoms. The number of hydrogen-bond donors (Lipinski definition) is 2. The Bertz CT molecular complexity index is 546. The number of nitrogen functional groups attached to an aromatic ring is 1. The first kappa shape index (κ1) is 13.6. The molecule has 0 bridgehead atoms. The van der Waals surface area contributed by atoms with E-state index in [0.717, 1.165) is 17.5 Å². The molecule has 19 heavy (non-hydrogen) atoms. The first-order chi connectivity index (χ1) is 9.10. The molecule has 1 atom stereocenters. The minimum Gasteiger partial charge on any atom is -0.383 e. The summed E-state index contributed by atoms with van der Waals surface area (Å²) in [4.78, 5) is 4.24. The number of anilines is 1. The smallest absolute Gasteiger partial charge is 0.128 e. The summed E-state index contributed by atoms with van der Waals surface area (Å²) in [5.74, 6) is 0.608. The highest BCUT2D eigenvalue weighted by Crippen LogP contribution is 2.23. The fourth-order valence-electron chi connectivity index (χ4n) is 2.21. The van der Waals surface area contributed by atoms with Crippen LogP contribution in [0.5, 0.6) is 0 Å². The normalized spacial score (nSPS) is 12.4. The fraction of sp³-hybridized carbons (Fsp3) is 0.312. The molecule has 0 saturated heterocycles. The quantitative estimate of drug-likeness (QED) is 0.883. The average molecular weight is 255 g/mol. The third-order valence-electron chi connectivity index (χ3n) is 3.37. The Labute approximate surface area is 114 Å². The highest BCUT2D eigenvalue weighted by Gasteiger charge is 2.14. The molecule has 3 N–H and O–H groups in total. The molecule has 1 heterocycles. The molecule has 1 aromatic carbocycles. The summed E-state index contributed by atoms with van der Waals surface area (Å²) >= 11 is 0. The molecule has 1 aromatic heterocycles. The van der Waals surface area contributed by atoms with Gasteiger partial charge >= 0.3 is 0 Å². The second kappa shape index (κ2) is 5.85. The van der Waals surface area contributed by atoms with Crippen molar-refractivity contribution >= 4 is 5.82 Å². The number of aryl methyl sites for hydroxylation is 2. The SMILES string of the molecule is CNC(Cc1ccc(C)cc1)c1cc(C)cnc1N. The van der Waals surface area contributed by atoms with Crippen molar-refractivity contribution in [2.24, 2.45) is 0 Å². The van der Waals surface area contributed by atoms with Crippen molar-refractivity contribution in [2.45, 2.75) is 26.3 Å². The minimum atomic E-state index is 0.190. The number of nitrogens with two attached hydrogens (primary N) is 1. The molecule has 0 amide bonds. The van der Waals surface area contributed by atoms with Crippen molar-refractivity contribution in [2.75, 3.05) is 12.8 Å². The lowest BCUT2D eigenvalue weighted by atomic mass is 9.98. The van der Waals surface area contributed by atoms with Gasteiger partial charge in [-0.05, 0) is 44.5 Å². The number of aromatic nitrogens is 1. The van der Waals surface area contributed by atoms with Gasteiger partial charge in [0.2, 0.25) is 0 Å². The molecule has 2 aromatic rings.